The van der Waals surface area contributed by atoms with Crippen molar-refractivity contribution in [3.8, 4) is 5.75 Å². The van der Waals surface area contributed by atoms with Crippen LogP contribution < -0.4 is 0 Å². The van der Waals surface area contributed by atoms with Crippen molar-refractivity contribution in [2.45, 2.75) is 46.2 Å². The van der Waals surface area contributed by atoms with Crippen molar-refractivity contribution in [3.05, 3.63) is 36.2 Å². The molecule has 2 aromatic rings. The predicted octanol–water partition coefficient (Wildman–Crippen LogP) is 3.31. The van der Waals surface area contributed by atoms with Gasteiger partial charge in [-0.2, -0.15) is 0 Å². The van der Waals surface area contributed by atoms with Gasteiger partial charge in [0.1, 0.15) is 5.75 Å². The molecule has 2 aromatic heterocycles. The highest BCUT2D eigenvalue weighted by Gasteiger charge is 2.14. The average molecular weight is 260 g/mol. The summed E-state index contributed by atoms with van der Waals surface area (Å²) in [4.78, 5) is 2.48. The van der Waals surface area contributed by atoms with Crippen molar-refractivity contribution in [2.75, 3.05) is 6.54 Å². The van der Waals surface area contributed by atoms with Gasteiger partial charge in [0.15, 0.2) is 0 Å². The fourth-order valence-corrected chi connectivity index (χ4v) is 2.78. The summed E-state index contributed by atoms with van der Waals surface area (Å²) in [6.45, 7) is 9.94. The monoisotopic (exact) mass is 260 g/mol. The van der Waals surface area contributed by atoms with E-state index < -0.39 is 0 Å². The lowest BCUT2D eigenvalue weighted by Crippen LogP contribution is -2.38. The molecule has 0 fully saturated rings. The molecule has 0 spiro atoms. The van der Waals surface area contributed by atoms with Gasteiger partial charge in [-0.1, -0.05) is 0 Å². The summed E-state index contributed by atoms with van der Waals surface area (Å²) in [5.74, 6) is 0.364. The van der Waals surface area contributed by atoms with Gasteiger partial charge < -0.3 is 9.51 Å². The molecule has 0 aliphatic rings. The van der Waals surface area contributed by atoms with Crippen molar-refractivity contribution in [1.82, 2.24) is 9.30 Å². The summed E-state index contributed by atoms with van der Waals surface area (Å²) in [6.07, 6.45) is 4.95. The van der Waals surface area contributed by atoms with Crippen LogP contribution in [0.15, 0.2) is 30.6 Å². The van der Waals surface area contributed by atoms with Crippen LogP contribution in [0.1, 0.15) is 33.3 Å². The number of aromatic nitrogens is 1. The summed E-state index contributed by atoms with van der Waals surface area (Å²) in [5, 5.41) is 9.99. The minimum absolute atomic E-state index is 0.364. The largest absolute Gasteiger partial charge is 0.506 e. The Balaban J connectivity index is 2.18. The van der Waals surface area contributed by atoms with E-state index in [1.807, 2.05) is 22.9 Å². The van der Waals surface area contributed by atoms with Gasteiger partial charge in [-0.25, -0.2) is 0 Å². The van der Waals surface area contributed by atoms with Crippen LogP contribution in [0.5, 0.6) is 5.75 Å². The van der Waals surface area contributed by atoms with E-state index in [-0.39, 0.29) is 0 Å². The second-order valence-corrected chi connectivity index (χ2v) is 5.67. The molecule has 0 saturated carbocycles. The molecule has 2 rings (SSSR count). The highest BCUT2D eigenvalue weighted by molar-refractivity contribution is 5.65. The minimum atomic E-state index is 0.364. The van der Waals surface area contributed by atoms with Crippen molar-refractivity contribution in [3.63, 3.8) is 0 Å². The first kappa shape index (κ1) is 13.9. The number of rotatable bonds is 5. The van der Waals surface area contributed by atoms with Gasteiger partial charge in [-0.3, -0.25) is 4.90 Å². The molecule has 0 amide bonds. The maximum absolute atomic E-state index is 9.99. The van der Waals surface area contributed by atoms with Crippen LogP contribution in [0.3, 0.4) is 0 Å². The third-order valence-corrected chi connectivity index (χ3v) is 3.71. The zero-order valence-corrected chi connectivity index (χ0v) is 12.3. The second-order valence-electron chi connectivity index (χ2n) is 5.67. The Kier molecular flexibility index (Phi) is 4.15. The molecule has 1 N–H and O–H groups in total. The minimum Gasteiger partial charge on any atom is -0.506 e. The number of fused-ring (bicyclic) bond motifs is 1. The summed E-state index contributed by atoms with van der Waals surface area (Å²) < 4.78 is 1.99. The Morgan fingerprint density at radius 1 is 1.11 bits per heavy atom. The first-order valence-corrected chi connectivity index (χ1v) is 7.04. The fourth-order valence-electron chi connectivity index (χ4n) is 2.78. The first-order valence-electron chi connectivity index (χ1n) is 7.04. The molecule has 0 bridgehead atoms. The van der Waals surface area contributed by atoms with Crippen molar-refractivity contribution in [1.29, 1.82) is 0 Å². The van der Waals surface area contributed by atoms with Crippen molar-refractivity contribution in [2.24, 2.45) is 0 Å². The van der Waals surface area contributed by atoms with Gasteiger partial charge in [0, 0.05) is 31.0 Å². The predicted molar refractivity (Wildman–Crippen MR) is 79.7 cm³/mol. The Hall–Kier alpha value is -1.48. The molecule has 0 aliphatic heterocycles. The summed E-state index contributed by atoms with van der Waals surface area (Å²) in [5.41, 5.74) is 2.15. The summed E-state index contributed by atoms with van der Waals surface area (Å²) >= 11 is 0. The van der Waals surface area contributed by atoms with E-state index in [0.29, 0.717) is 17.8 Å². The van der Waals surface area contributed by atoms with Gasteiger partial charge in [-0.05, 0) is 57.9 Å². The molecule has 0 aromatic carbocycles. The third kappa shape index (κ3) is 2.92. The lowest BCUT2D eigenvalue weighted by atomic mass is 10.1. The van der Waals surface area contributed by atoms with Crippen LogP contribution in [0, 0.1) is 0 Å². The lowest BCUT2D eigenvalue weighted by molar-refractivity contribution is 0.177. The molecule has 0 radical (unpaired) electrons. The standard InChI is InChI=1S/C16H24N2O/c1-12(2)18(13(3)4)11-8-14-7-10-17-9-5-6-15(19)16(14)17/h5-7,9-10,12-13,19H,8,11H2,1-4H3. The quantitative estimate of drug-likeness (QED) is 0.893. The van der Waals surface area contributed by atoms with E-state index in [9.17, 15) is 5.11 Å². The van der Waals surface area contributed by atoms with Crippen LogP contribution in [0.4, 0.5) is 0 Å². The Morgan fingerprint density at radius 2 is 1.79 bits per heavy atom. The molecule has 0 atom stereocenters. The van der Waals surface area contributed by atoms with E-state index >= 15 is 0 Å². The molecule has 0 saturated heterocycles. The van der Waals surface area contributed by atoms with Gasteiger partial charge in [-0.15, -0.1) is 0 Å². The first-order chi connectivity index (χ1) is 9.00. The second kappa shape index (κ2) is 5.66. The molecule has 0 aliphatic carbocycles. The van der Waals surface area contributed by atoms with E-state index in [1.54, 1.807) is 6.07 Å². The number of aromatic hydroxyl groups is 1. The van der Waals surface area contributed by atoms with Crippen LogP contribution in [0.2, 0.25) is 0 Å². The highest BCUT2D eigenvalue weighted by atomic mass is 16.3. The van der Waals surface area contributed by atoms with Gasteiger partial charge in [0.25, 0.3) is 0 Å². The molecule has 0 unspecified atom stereocenters. The Morgan fingerprint density at radius 3 is 2.42 bits per heavy atom. The summed E-state index contributed by atoms with van der Waals surface area (Å²) in [6, 6.07) is 6.81. The van der Waals surface area contributed by atoms with Crippen LogP contribution in [-0.2, 0) is 6.42 Å². The number of nitrogens with zero attached hydrogens (tertiary/aromatic N) is 2. The maximum atomic E-state index is 9.99. The average Bonchev–Trinajstić information content (AvgIpc) is 2.73. The van der Waals surface area contributed by atoms with Gasteiger partial charge in [0.05, 0.1) is 5.52 Å². The normalized spacial score (nSPS) is 12.2. The fraction of sp³-hybridized carbons (Fsp3) is 0.500. The molecule has 3 nitrogen and oxygen atoms in total. The topological polar surface area (TPSA) is 27.9 Å². The molecule has 104 valence electrons. The molecular formula is C16H24N2O. The zero-order valence-electron chi connectivity index (χ0n) is 12.3. The Bertz CT molecular complexity index is 535. The molecule has 3 heteroatoms. The van der Waals surface area contributed by atoms with E-state index in [1.165, 1.54) is 5.56 Å². The van der Waals surface area contributed by atoms with E-state index in [0.717, 1.165) is 18.5 Å². The highest BCUT2D eigenvalue weighted by Crippen LogP contribution is 2.23. The van der Waals surface area contributed by atoms with Crippen molar-refractivity contribution >= 4 is 5.52 Å². The zero-order chi connectivity index (χ0) is 14.0. The lowest BCUT2D eigenvalue weighted by Gasteiger charge is -2.30. The summed E-state index contributed by atoms with van der Waals surface area (Å²) in [7, 11) is 0. The van der Waals surface area contributed by atoms with Gasteiger partial charge >= 0.3 is 0 Å². The van der Waals surface area contributed by atoms with Crippen LogP contribution >= 0.6 is 0 Å². The van der Waals surface area contributed by atoms with E-state index in [2.05, 4.69) is 38.7 Å². The molecular weight excluding hydrogens is 236 g/mol. The maximum Gasteiger partial charge on any atom is 0.139 e. The SMILES string of the molecule is CC(C)N(CCc1ccn2cccc(O)c12)C(C)C. The van der Waals surface area contributed by atoms with Crippen LogP contribution in [-0.4, -0.2) is 33.0 Å². The Labute approximate surface area is 115 Å². The smallest absolute Gasteiger partial charge is 0.139 e. The molecule has 2 heterocycles. The van der Waals surface area contributed by atoms with E-state index in [4.69, 9.17) is 0 Å². The third-order valence-electron chi connectivity index (χ3n) is 3.71. The van der Waals surface area contributed by atoms with Crippen LogP contribution in [0.25, 0.3) is 5.52 Å². The number of hydrogen-bond donors (Lipinski definition) is 1. The molecule has 19 heavy (non-hydrogen) atoms. The number of pyridine rings is 1. The number of hydrogen-bond acceptors (Lipinski definition) is 2. The van der Waals surface area contributed by atoms with Crippen molar-refractivity contribution < 1.29 is 5.11 Å². The van der Waals surface area contributed by atoms with Gasteiger partial charge in [0.2, 0.25) is 0 Å².